The zero-order chi connectivity index (χ0) is 14.3. The second-order valence-corrected chi connectivity index (χ2v) is 7.11. The van der Waals surface area contributed by atoms with Gasteiger partial charge >= 0.3 is 0 Å². The molecule has 1 amide bonds. The quantitative estimate of drug-likeness (QED) is 0.925. The number of fused-ring (bicyclic) bond motifs is 2. The van der Waals surface area contributed by atoms with Crippen LogP contribution in [0.25, 0.3) is 0 Å². The highest BCUT2D eigenvalue weighted by molar-refractivity contribution is 5.94. The molecule has 3 nitrogen and oxygen atoms in total. The van der Waals surface area contributed by atoms with Gasteiger partial charge in [-0.1, -0.05) is 18.6 Å². The molecule has 2 unspecified atom stereocenters. The summed E-state index contributed by atoms with van der Waals surface area (Å²) in [6.45, 7) is 3.38. The number of hydrogen-bond acceptors (Lipinski definition) is 2. The van der Waals surface area contributed by atoms with Crippen molar-refractivity contribution in [2.75, 3.05) is 19.6 Å². The van der Waals surface area contributed by atoms with E-state index in [1.54, 1.807) is 0 Å². The van der Waals surface area contributed by atoms with Gasteiger partial charge in [-0.2, -0.15) is 0 Å². The number of carbonyl (C=O) groups excluding carboxylic acids is 1. The molecule has 112 valence electrons. The first-order valence-corrected chi connectivity index (χ1v) is 8.39. The monoisotopic (exact) mass is 284 g/mol. The lowest BCUT2D eigenvalue weighted by Gasteiger charge is -2.34. The summed E-state index contributed by atoms with van der Waals surface area (Å²) in [5.41, 5.74) is 2.26. The Labute approximate surface area is 126 Å². The molecule has 2 saturated heterocycles. The van der Waals surface area contributed by atoms with Gasteiger partial charge in [-0.05, 0) is 62.3 Å². The van der Waals surface area contributed by atoms with Crippen molar-refractivity contribution in [3.8, 4) is 0 Å². The van der Waals surface area contributed by atoms with Crippen LogP contribution in [0.3, 0.4) is 0 Å². The molecule has 21 heavy (non-hydrogen) atoms. The molecule has 0 spiro atoms. The molecule has 4 rings (SSSR count). The first kappa shape index (κ1) is 13.3. The summed E-state index contributed by atoms with van der Waals surface area (Å²) in [6, 6.07) is 8.32. The van der Waals surface area contributed by atoms with Gasteiger partial charge in [-0.25, -0.2) is 0 Å². The van der Waals surface area contributed by atoms with E-state index in [1.807, 2.05) is 12.1 Å². The molecule has 3 aliphatic rings. The molecule has 3 fully saturated rings. The SMILES string of the molecule is O=C(NC12CCCN(CC1)C2)c1ccc(C2CCC2)cc1. The van der Waals surface area contributed by atoms with Crippen molar-refractivity contribution in [3.05, 3.63) is 35.4 Å². The van der Waals surface area contributed by atoms with Crippen LogP contribution in [0.15, 0.2) is 24.3 Å². The van der Waals surface area contributed by atoms with Crippen molar-refractivity contribution in [1.29, 1.82) is 0 Å². The van der Waals surface area contributed by atoms with E-state index in [4.69, 9.17) is 0 Å². The number of benzene rings is 1. The second kappa shape index (κ2) is 5.13. The lowest BCUT2D eigenvalue weighted by Crippen LogP contribution is -2.52. The molecule has 0 aromatic heterocycles. The normalized spacial score (nSPS) is 31.7. The number of hydrogen-bond donors (Lipinski definition) is 1. The van der Waals surface area contributed by atoms with Gasteiger partial charge in [-0.3, -0.25) is 4.79 Å². The van der Waals surface area contributed by atoms with Crippen molar-refractivity contribution in [2.45, 2.75) is 50.0 Å². The van der Waals surface area contributed by atoms with Gasteiger partial charge in [-0.15, -0.1) is 0 Å². The molecule has 1 saturated carbocycles. The van der Waals surface area contributed by atoms with E-state index in [0.29, 0.717) is 0 Å². The number of rotatable bonds is 3. The predicted molar refractivity (Wildman–Crippen MR) is 83.5 cm³/mol. The lowest BCUT2D eigenvalue weighted by molar-refractivity contribution is 0.0877. The van der Waals surface area contributed by atoms with E-state index in [9.17, 15) is 4.79 Å². The van der Waals surface area contributed by atoms with Gasteiger partial charge in [0.15, 0.2) is 0 Å². The van der Waals surface area contributed by atoms with Gasteiger partial charge in [0.2, 0.25) is 0 Å². The van der Waals surface area contributed by atoms with Gasteiger partial charge in [0.1, 0.15) is 0 Å². The van der Waals surface area contributed by atoms with Crippen molar-refractivity contribution in [1.82, 2.24) is 10.2 Å². The van der Waals surface area contributed by atoms with E-state index < -0.39 is 0 Å². The Balaban J connectivity index is 1.44. The van der Waals surface area contributed by atoms with Crippen LogP contribution in [0.5, 0.6) is 0 Å². The molecule has 0 radical (unpaired) electrons. The molecule has 2 heterocycles. The van der Waals surface area contributed by atoms with Crippen LogP contribution in [0.2, 0.25) is 0 Å². The van der Waals surface area contributed by atoms with Crippen molar-refractivity contribution in [3.63, 3.8) is 0 Å². The van der Waals surface area contributed by atoms with E-state index in [0.717, 1.165) is 37.4 Å². The molecule has 1 N–H and O–H groups in total. The summed E-state index contributed by atoms with van der Waals surface area (Å²) in [6.07, 6.45) is 7.43. The maximum Gasteiger partial charge on any atom is 0.251 e. The van der Waals surface area contributed by atoms with Gasteiger partial charge in [0, 0.05) is 18.7 Å². The highest BCUT2D eigenvalue weighted by atomic mass is 16.1. The number of amides is 1. The third kappa shape index (κ3) is 2.48. The van der Waals surface area contributed by atoms with E-state index in [1.165, 1.54) is 37.8 Å². The molecule has 1 aromatic rings. The van der Waals surface area contributed by atoms with Crippen LogP contribution in [0.1, 0.15) is 60.4 Å². The summed E-state index contributed by atoms with van der Waals surface area (Å²) < 4.78 is 0. The summed E-state index contributed by atoms with van der Waals surface area (Å²) in [4.78, 5) is 15.0. The maximum atomic E-state index is 12.5. The molecule has 1 aromatic carbocycles. The minimum atomic E-state index is 0.0436. The van der Waals surface area contributed by atoms with Gasteiger partial charge in [0.25, 0.3) is 5.91 Å². The first-order chi connectivity index (χ1) is 10.2. The Morgan fingerprint density at radius 1 is 1.10 bits per heavy atom. The van der Waals surface area contributed by atoms with E-state index in [-0.39, 0.29) is 11.4 Å². The molecule has 2 aliphatic heterocycles. The molecule has 2 atom stereocenters. The van der Waals surface area contributed by atoms with Crippen LogP contribution in [0.4, 0.5) is 0 Å². The van der Waals surface area contributed by atoms with Crippen LogP contribution in [0, 0.1) is 0 Å². The Hall–Kier alpha value is -1.35. The fourth-order valence-corrected chi connectivity index (χ4v) is 4.12. The van der Waals surface area contributed by atoms with Crippen molar-refractivity contribution in [2.24, 2.45) is 0 Å². The minimum absolute atomic E-state index is 0.0436. The summed E-state index contributed by atoms with van der Waals surface area (Å²) >= 11 is 0. The zero-order valence-electron chi connectivity index (χ0n) is 12.6. The standard InChI is InChI=1S/C18H24N2O/c21-17(19-18-9-2-11-20(13-18)12-10-18)16-7-5-15(6-8-16)14-3-1-4-14/h5-8,14H,1-4,9-13H2,(H,19,21). The fraction of sp³-hybridized carbons (Fsp3) is 0.611. The van der Waals surface area contributed by atoms with Gasteiger partial charge < -0.3 is 10.2 Å². The highest BCUT2D eigenvalue weighted by Gasteiger charge is 2.41. The summed E-state index contributed by atoms with van der Waals surface area (Å²) in [5, 5.41) is 3.34. The Kier molecular flexibility index (Phi) is 3.26. The molecular weight excluding hydrogens is 260 g/mol. The lowest BCUT2D eigenvalue weighted by atomic mass is 9.80. The predicted octanol–water partition coefficient (Wildman–Crippen LogP) is 2.92. The largest absolute Gasteiger partial charge is 0.345 e. The third-order valence-corrected chi connectivity index (χ3v) is 5.69. The summed E-state index contributed by atoms with van der Waals surface area (Å²) in [5.74, 6) is 0.848. The average Bonchev–Trinajstić information content (AvgIpc) is 2.72. The Morgan fingerprint density at radius 2 is 1.90 bits per heavy atom. The second-order valence-electron chi connectivity index (χ2n) is 7.11. The zero-order valence-corrected chi connectivity index (χ0v) is 12.6. The number of piperidine rings is 1. The van der Waals surface area contributed by atoms with E-state index in [2.05, 4.69) is 22.3 Å². The molecule has 1 aliphatic carbocycles. The third-order valence-electron chi connectivity index (χ3n) is 5.69. The smallest absolute Gasteiger partial charge is 0.251 e. The summed E-state index contributed by atoms with van der Waals surface area (Å²) in [7, 11) is 0. The number of carbonyl (C=O) groups is 1. The van der Waals surface area contributed by atoms with Crippen LogP contribution >= 0.6 is 0 Å². The topological polar surface area (TPSA) is 32.3 Å². The van der Waals surface area contributed by atoms with Gasteiger partial charge in [0.05, 0.1) is 5.54 Å². The fourth-order valence-electron chi connectivity index (χ4n) is 4.12. The Bertz CT molecular complexity index is 531. The maximum absolute atomic E-state index is 12.5. The van der Waals surface area contributed by atoms with E-state index >= 15 is 0 Å². The first-order valence-electron chi connectivity index (χ1n) is 8.39. The molecular formula is C18H24N2O. The van der Waals surface area contributed by atoms with Crippen molar-refractivity contribution >= 4 is 5.91 Å². The number of nitrogens with one attached hydrogen (secondary N) is 1. The number of nitrogens with zero attached hydrogens (tertiary/aromatic N) is 1. The molecule has 2 bridgehead atoms. The van der Waals surface area contributed by atoms with Crippen molar-refractivity contribution < 1.29 is 4.79 Å². The average molecular weight is 284 g/mol. The Morgan fingerprint density at radius 3 is 2.62 bits per heavy atom. The minimum Gasteiger partial charge on any atom is -0.345 e. The highest BCUT2D eigenvalue weighted by Crippen LogP contribution is 2.36. The van der Waals surface area contributed by atoms with Crippen LogP contribution in [-0.2, 0) is 0 Å². The van der Waals surface area contributed by atoms with Crippen LogP contribution in [-0.4, -0.2) is 36.0 Å². The van der Waals surface area contributed by atoms with Crippen LogP contribution < -0.4 is 5.32 Å². The molecule has 3 heteroatoms.